The van der Waals surface area contributed by atoms with Crippen molar-refractivity contribution in [2.24, 2.45) is 17.3 Å². The molecule has 2 aliphatic rings. The van der Waals surface area contributed by atoms with Crippen LogP contribution in [0.3, 0.4) is 0 Å². The van der Waals surface area contributed by atoms with E-state index in [2.05, 4.69) is 4.74 Å². The molecule has 0 N–H and O–H groups in total. The molecule has 2 bridgehead atoms. The van der Waals surface area contributed by atoms with E-state index < -0.39 is 54.4 Å². The van der Waals surface area contributed by atoms with Gasteiger partial charge in [0.2, 0.25) is 0 Å². The second-order valence-electron chi connectivity index (χ2n) is 6.76. The van der Waals surface area contributed by atoms with Crippen molar-refractivity contribution < 1.29 is 37.0 Å². The third-order valence-corrected chi connectivity index (χ3v) is 4.51. The SMILES string of the molecule is CCCC(C)(C)C(=O)OCC1C2CC(OC(=O)O2)C1C(F)(F)F. The summed E-state index contributed by atoms with van der Waals surface area (Å²) in [6.07, 6.45) is -6.56. The van der Waals surface area contributed by atoms with Crippen LogP contribution < -0.4 is 0 Å². The maximum absolute atomic E-state index is 13.3. The summed E-state index contributed by atoms with van der Waals surface area (Å²) in [6.45, 7) is 4.85. The molecule has 132 valence electrons. The van der Waals surface area contributed by atoms with Crippen LogP contribution in [-0.2, 0) is 19.0 Å². The maximum atomic E-state index is 13.3. The topological polar surface area (TPSA) is 61.8 Å². The van der Waals surface area contributed by atoms with Crippen molar-refractivity contribution in [3.05, 3.63) is 0 Å². The highest BCUT2D eigenvalue weighted by Crippen LogP contribution is 2.48. The molecule has 0 spiro atoms. The quantitative estimate of drug-likeness (QED) is 0.719. The Labute approximate surface area is 132 Å². The monoisotopic (exact) mass is 338 g/mol. The molecular formula is C15H21F3O5. The normalized spacial score (nSPS) is 30.6. The molecule has 0 aromatic rings. The first-order valence-corrected chi connectivity index (χ1v) is 7.67. The average Bonchev–Trinajstić information content (AvgIpc) is 2.66. The lowest BCUT2D eigenvalue weighted by molar-refractivity contribution is -0.207. The highest BCUT2D eigenvalue weighted by Gasteiger charge is 2.61. The Balaban J connectivity index is 2.08. The molecular weight excluding hydrogens is 317 g/mol. The van der Waals surface area contributed by atoms with Gasteiger partial charge in [0.25, 0.3) is 0 Å². The zero-order chi connectivity index (χ0) is 17.4. The first-order chi connectivity index (χ1) is 10.6. The lowest BCUT2D eigenvalue weighted by Gasteiger charge is -2.27. The molecule has 1 saturated heterocycles. The molecule has 2 fully saturated rings. The van der Waals surface area contributed by atoms with Gasteiger partial charge in [-0.1, -0.05) is 13.3 Å². The highest BCUT2D eigenvalue weighted by atomic mass is 19.4. The molecule has 0 radical (unpaired) electrons. The third-order valence-electron chi connectivity index (χ3n) is 4.51. The first-order valence-electron chi connectivity index (χ1n) is 7.67. The number of halogens is 3. The summed E-state index contributed by atoms with van der Waals surface area (Å²) in [5.74, 6) is -3.55. The Morgan fingerprint density at radius 3 is 2.43 bits per heavy atom. The van der Waals surface area contributed by atoms with E-state index in [1.54, 1.807) is 13.8 Å². The van der Waals surface area contributed by atoms with E-state index in [4.69, 9.17) is 9.47 Å². The van der Waals surface area contributed by atoms with Crippen LogP contribution in [-0.4, -0.2) is 37.1 Å². The van der Waals surface area contributed by atoms with E-state index in [1.165, 1.54) is 0 Å². The first kappa shape index (κ1) is 17.9. The Bertz CT molecular complexity index is 474. The number of rotatable bonds is 5. The minimum atomic E-state index is -4.55. The molecule has 5 nitrogen and oxygen atoms in total. The molecule has 8 heteroatoms. The van der Waals surface area contributed by atoms with Gasteiger partial charge in [-0.3, -0.25) is 4.79 Å². The molecule has 0 aromatic heterocycles. The molecule has 1 aliphatic carbocycles. The van der Waals surface area contributed by atoms with Crippen LogP contribution in [0, 0.1) is 17.3 Å². The highest BCUT2D eigenvalue weighted by molar-refractivity contribution is 5.75. The van der Waals surface area contributed by atoms with Crippen LogP contribution in [0.4, 0.5) is 18.0 Å². The molecule has 2 rings (SSSR count). The van der Waals surface area contributed by atoms with Gasteiger partial charge in [-0.25, -0.2) is 4.79 Å². The second-order valence-corrected chi connectivity index (χ2v) is 6.76. The van der Waals surface area contributed by atoms with Crippen molar-refractivity contribution in [3.8, 4) is 0 Å². The van der Waals surface area contributed by atoms with Gasteiger partial charge < -0.3 is 14.2 Å². The fourth-order valence-corrected chi connectivity index (χ4v) is 3.35. The third kappa shape index (κ3) is 3.72. The fourth-order valence-electron chi connectivity index (χ4n) is 3.35. The van der Waals surface area contributed by atoms with Gasteiger partial charge in [-0.2, -0.15) is 13.2 Å². The van der Waals surface area contributed by atoms with Gasteiger partial charge in [0.1, 0.15) is 18.1 Å². The van der Waals surface area contributed by atoms with Gasteiger partial charge >= 0.3 is 18.3 Å². The van der Waals surface area contributed by atoms with Crippen molar-refractivity contribution in [2.75, 3.05) is 6.61 Å². The molecule has 23 heavy (non-hydrogen) atoms. The van der Waals surface area contributed by atoms with E-state index in [0.717, 1.165) is 6.42 Å². The molecule has 4 atom stereocenters. The van der Waals surface area contributed by atoms with Crippen LogP contribution in [0.5, 0.6) is 0 Å². The van der Waals surface area contributed by atoms with Crippen molar-refractivity contribution in [3.63, 3.8) is 0 Å². The van der Waals surface area contributed by atoms with Gasteiger partial charge in [-0.05, 0) is 20.3 Å². The Morgan fingerprint density at radius 2 is 1.87 bits per heavy atom. The van der Waals surface area contributed by atoms with Crippen molar-refractivity contribution in [1.82, 2.24) is 0 Å². The standard InChI is InChI=1S/C15H21F3O5/c1-4-5-14(2,3)12(19)21-7-8-9-6-10(23-13(20)22-9)11(8)15(16,17)18/h8-11H,4-7H2,1-3H3. The minimum Gasteiger partial charge on any atom is -0.465 e. The van der Waals surface area contributed by atoms with Gasteiger partial charge in [0, 0.05) is 12.3 Å². The maximum Gasteiger partial charge on any atom is 0.508 e. The summed E-state index contributed by atoms with van der Waals surface area (Å²) in [5, 5.41) is 0. The van der Waals surface area contributed by atoms with E-state index in [1.807, 2.05) is 6.92 Å². The van der Waals surface area contributed by atoms with Crippen molar-refractivity contribution >= 4 is 12.1 Å². The Kier molecular flexibility index (Phi) is 4.82. The molecule has 1 aliphatic heterocycles. The fraction of sp³-hybridized carbons (Fsp3) is 0.867. The Morgan fingerprint density at radius 1 is 1.26 bits per heavy atom. The lowest BCUT2D eigenvalue weighted by atomic mass is 9.88. The zero-order valence-corrected chi connectivity index (χ0v) is 13.3. The molecule has 4 unspecified atom stereocenters. The molecule has 1 heterocycles. The summed E-state index contributed by atoms with van der Waals surface area (Å²) in [6, 6.07) is 0. The number of carbonyl (C=O) groups is 2. The summed E-state index contributed by atoms with van der Waals surface area (Å²) in [4.78, 5) is 23.3. The van der Waals surface area contributed by atoms with Crippen LogP contribution in [0.2, 0.25) is 0 Å². The zero-order valence-electron chi connectivity index (χ0n) is 13.3. The second kappa shape index (κ2) is 6.20. The van der Waals surface area contributed by atoms with Crippen LogP contribution in [0.15, 0.2) is 0 Å². The van der Waals surface area contributed by atoms with E-state index in [-0.39, 0.29) is 6.42 Å². The van der Waals surface area contributed by atoms with Gasteiger partial charge in [-0.15, -0.1) is 0 Å². The van der Waals surface area contributed by atoms with E-state index in [0.29, 0.717) is 6.42 Å². The van der Waals surface area contributed by atoms with E-state index >= 15 is 0 Å². The van der Waals surface area contributed by atoms with E-state index in [9.17, 15) is 22.8 Å². The minimum absolute atomic E-state index is 0.0313. The number of hydrogen-bond acceptors (Lipinski definition) is 5. The predicted molar refractivity (Wildman–Crippen MR) is 72.4 cm³/mol. The number of ether oxygens (including phenoxy) is 3. The summed E-state index contributed by atoms with van der Waals surface area (Å²) < 4.78 is 54.4. The van der Waals surface area contributed by atoms with Crippen LogP contribution >= 0.6 is 0 Å². The molecule has 0 aromatic carbocycles. The van der Waals surface area contributed by atoms with Gasteiger partial charge in [0.15, 0.2) is 0 Å². The number of carbonyl (C=O) groups excluding carboxylic acids is 2. The molecule has 1 saturated carbocycles. The average molecular weight is 338 g/mol. The summed E-state index contributed by atoms with van der Waals surface area (Å²) in [7, 11) is 0. The Hall–Kier alpha value is -1.47. The largest absolute Gasteiger partial charge is 0.508 e. The number of hydrogen-bond donors (Lipinski definition) is 0. The molecule has 0 amide bonds. The predicted octanol–water partition coefficient (Wildman–Crippen LogP) is 3.46. The van der Waals surface area contributed by atoms with Crippen molar-refractivity contribution in [2.45, 2.75) is 58.4 Å². The van der Waals surface area contributed by atoms with Crippen LogP contribution in [0.25, 0.3) is 0 Å². The summed E-state index contributed by atoms with van der Waals surface area (Å²) in [5.41, 5.74) is -0.761. The smallest absolute Gasteiger partial charge is 0.465 e. The van der Waals surface area contributed by atoms with Gasteiger partial charge in [0.05, 0.1) is 12.0 Å². The van der Waals surface area contributed by atoms with Crippen molar-refractivity contribution in [1.29, 1.82) is 0 Å². The summed E-state index contributed by atoms with van der Waals surface area (Å²) >= 11 is 0. The number of fused-ring (bicyclic) bond motifs is 2. The lowest BCUT2D eigenvalue weighted by Crippen LogP contribution is -2.38. The number of alkyl halides is 3. The number of esters is 1. The van der Waals surface area contributed by atoms with Crippen LogP contribution in [0.1, 0.15) is 40.0 Å².